The highest BCUT2D eigenvalue weighted by Crippen LogP contribution is 2.49. The zero-order chi connectivity index (χ0) is 17.0. The monoisotopic (exact) mass is 374 g/mol. The third-order valence-corrected chi connectivity index (χ3v) is 8.01. The van der Waals surface area contributed by atoms with Gasteiger partial charge in [-0.15, -0.1) is 11.3 Å². The fourth-order valence-corrected chi connectivity index (χ4v) is 6.50. The van der Waals surface area contributed by atoms with Gasteiger partial charge in [0.25, 0.3) is 0 Å². The van der Waals surface area contributed by atoms with Gasteiger partial charge in [0.1, 0.15) is 0 Å². The van der Waals surface area contributed by atoms with E-state index in [2.05, 4.69) is 11.0 Å². The van der Waals surface area contributed by atoms with E-state index in [1.54, 1.807) is 11.3 Å². The van der Waals surface area contributed by atoms with Crippen LogP contribution in [0.25, 0.3) is 10.2 Å². The van der Waals surface area contributed by atoms with Gasteiger partial charge >= 0.3 is 0 Å². The number of aromatic nitrogens is 1. The number of rotatable bonds is 2. The summed E-state index contributed by atoms with van der Waals surface area (Å²) in [7, 11) is 0. The van der Waals surface area contributed by atoms with E-state index in [0.29, 0.717) is 23.7 Å². The van der Waals surface area contributed by atoms with Crippen molar-refractivity contribution in [2.45, 2.75) is 44.4 Å². The quantitative estimate of drug-likeness (QED) is 0.733. The van der Waals surface area contributed by atoms with Crippen LogP contribution in [0.1, 0.15) is 49.5 Å². The molecule has 25 heavy (non-hydrogen) atoms. The van der Waals surface area contributed by atoms with E-state index in [0.717, 1.165) is 48.8 Å². The number of halogens is 1. The van der Waals surface area contributed by atoms with Crippen molar-refractivity contribution < 1.29 is 4.79 Å². The zero-order valence-electron chi connectivity index (χ0n) is 14.3. The highest BCUT2D eigenvalue weighted by atomic mass is 35.5. The van der Waals surface area contributed by atoms with Crippen molar-refractivity contribution in [3.8, 4) is 0 Å². The van der Waals surface area contributed by atoms with Gasteiger partial charge in [0.05, 0.1) is 15.2 Å². The molecule has 3 aliphatic rings. The summed E-state index contributed by atoms with van der Waals surface area (Å²) in [5.74, 6) is 2.79. The number of amides is 1. The van der Waals surface area contributed by atoms with Gasteiger partial charge in [0, 0.05) is 29.9 Å². The van der Waals surface area contributed by atoms with Crippen LogP contribution in [0, 0.1) is 17.8 Å². The Morgan fingerprint density at radius 2 is 2.00 bits per heavy atom. The van der Waals surface area contributed by atoms with Crippen LogP contribution in [-0.4, -0.2) is 28.9 Å². The molecule has 2 saturated carbocycles. The van der Waals surface area contributed by atoms with Crippen LogP contribution in [0.5, 0.6) is 0 Å². The van der Waals surface area contributed by atoms with Crippen LogP contribution >= 0.6 is 22.9 Å². The molecule has 1 amide bonds. The second-order valence-corrected chi connectivity index (χ2v) is 9.54. The maximum atomic E-state index is 12.9. The molecule has 2 bridgehead atoms. The van der Waals surface area contributed by atoms with Crippen molar-refractivity contribution in [3.63, 3.8) is 0 Å². The second-order valence-electron chi connectivity index (χ2n) is 8.05. The third-order valence-electron chi connectivity index (χ3n) is 6.58. The lowest BCUT2D eigenvalue weighted by Crippen LogP contribution is -2.42. The first kappa shape index (κ1) is 16.1. The van der Waals surface area contributed by atoms with Gasteiger partial charge < -0.3 is 4.90 Å². The summed E-state index contributed by atoms with van der Waals surface area (Å²) in [6.07, 6.45) is 7.19. The first-order chi connectivity index (χ1) is 12.2. The zero-order valence-corrected chi connectivity index (χ0v) is 15.9. The van der Waals surface area contributed by atoms with Crippen molar-refractivity contribution in [1.82, 2.24) is 9.88 Å². The van der Waals surface area contributed by atoms with Crippen molar-refractivity contribution in [2.75, 3.05) is 13.1 Å². The number of thiazole rings is 1. The summed E-state index contributed by atoms with van der Waals surface area (Å²) in [6, 6.07) is 5.94. The standard InChI is InChI=1S/C20H23ClN2OS/c21-15-3-4-18-17(11-15)22-19(25-18)13-5-7-23(8-6-13)20(24)16-10-12-1-2-14(16)9-12/h3-4,11-14,16H,1-2,5-10H2. The smallest absolute Gasteiger partial charge is 0.225 e. The Morgan fingerprint density at radius 3 is 2.72 bits per heavy atom. The van der Waals surface area contributed by atoms with E-state index in [1.165, 1.54) is 29.0 Å². The van der Waals surface area contributed by atoms with Crippen LogP contribution < -0.4 is 0 Å². The maximum Gasteiger partial charge on any atom is 0.225 e. The molecule has 132 valence electrons. The summed E-state index contributed by atoms with van der Waals surface area (Å²) in [5.41, 5.74) is 1.01. The van der Waals surface area contributed by atoms with E-state index in [4.69, 9.17) is 16.6 Å². The Labute approximate surface area is 157 Å². The molecule has 3 atom stereocenters. The van der Waals surface area contributed by atoms with Gasteiger partial charge in [-0.3, -0.25) is 4.79 Å². The molecular formula is C20H23ClN2OS. The SMILES string of the molecule is O=C(C1CC2CCC1C2)N1CCC(c2nc3cc(Cl)ccc3s2)CC1. The number of nitrogens with zero attached hydrogens (tertiary/aromatic N) is 2. The van der Waals surface area contributed by atoms with Gasteiger partial charge in [-0.05, 0) is 62.1 Å². The molecule has 5 rings (SSSR count). The van der Waals surface area contributed by atoms with Gasteiger partial charge in [-0.25, -0.2) is 4.98 Å². The molecule has 2 heterocycles. The number of carbonyl (C=O) groups is 1. The molecule has 0 N–H and O–H groups in total. The predicted octanol–water partition coefficient (Wildman–Crippen LogP) is 5.09. The van der Waals surface area contributed by atoms with Crippen molar-refractivity contribution in [1.29, 1.82) is 0 Å². The van der Waals surface area contributed by atoms with Crippen LogP contribution in [0.2, 0.25) is 5.02 Å². The van der Waals surface area contributed by atoms with Crippen molar-refractivity contribution in [3.05, 3.63) is 28.2 Å². The highest BCUT2D eigenvalue weighted by molar-refractivity contribution is 7.18. The Hall–Kier alpha value is -1.13. The normalized spacial score (nSPS) is 29.6. The number of hydrogen-bond acceptors (Lipinski definition) is 3. The average molecular weight is 375 g/mol. The fraction of sp³-hybridized carbons (Fsp3) is 0.600. The van der Waals surface area contributed by atoms with Crippen LogP contribution in [-0.2, 0) is 4.79 Å². The fourth-order valence-electron chi connectivity index (χ4n) is 5.22. The van der Waals surface area contributed by atoms with Crippen LogP contribution in [0.15, 0.2) is 18.2 Å². The highest BCUT2D eigenvalue weighted by Gasteiger charge is 2.44. The lowest BCUT2D eigenvalue weighted by molar-refractivity contribution is -0.138. The second kappa shape index (κ2) is 6.24. The molecule has 2 aromatic rings. The Balaban J connectivity index is 1.25. The number of fused-ring (bicyclic) bond motifs is 3. The van der Waals surface area contributed by atoms with Gasteiger partial charge in [-0.2, -0.15) is 0 Å². The minimum atomic E-state index is 0.333. The number of likely N-dealkylation sites (tertiary alicyclic amines) is 1. The van der Waals surface area contributed by atoms with Gasteiger partial charge in [0.15, 0.2) is 0 Å². The molecule has 1 aromatic heterocycles. The summed E-state index contributed by atoms with van der Waals surface area (Å²) < 4.78 is 1.21. The van der Waals surface area contributed by atoms with E-state index >= 15 is 0 Å². The topological polar surface area (TPSA) is 33.2 Å². The van der Waals surface area contributed by atoms with Crippen LogP contribution in [0.3, 0.4) is 0 Å². The van der Waals surface area contributed by atoms with Gasteiger partial charge in [0.2, 0.25) is 5.91 Å². The Morgan fingerprint density at radius 1 is 1.16 bits per heavy atom. The first-order valence-corrected chi connectivity index (χ1v) is 10.7. The summed E-state index contributed by atoms with van der Waals surface area (Å²) >= 11 is 7.86. The predicted molar refractivity (Wildman–Crippen MR) is 102 cm³/mol. The van der Waals surface area contributed by atoms with E-state index in [9.17, 15) is 4.79 Å². The van der Waals surface area contributed by atoms with Crippen LogP contribution in [0.4, 0.5) is 0 Å². The molecule has 1 aliphatic heterocycles. The largest absolute Gasteiger partial charge is 0.342 e. The number of piperidine rings is 1. The summed E-state index contributed by atoms with van der Waals surface area (Å²) in [5, 5.41) is 1.96. The first-order valence-electron chi connectivity index (χ1n) is 9.52. The lowest BCUT2D eigenvalue weighted by Gasteiger charge is -2.34. The maximum absolute atomic E-state index is 12.9. The molecule has 3 fully saturated rings. The summed E-state index contributed by atoms with van der Waals surface area (Å²) in [6.45, 7) is 1.79. The van der Waals surface area contributed by atoms with Crippen molar-refractivity contribution >= 4 is 39.1 Å². The Bertz CT molecular complexity index is 811. The minimum Gasteiger partial charge on any atom is -0.342 e. The lowest BCUT2D eigenvalue weighted by atomic mass is 9.87. The third kappa shape index (κ3) is 2.87. The molecule has 3 nitrogen and oxygen atoms in total. The van der Waals surface area contributed by atoms with E-state index < -0.39 is 0 Å². The number of carbonyl (C=O) groups excluding carboxylic acids is 1. The number of hydrogen-bond donors (Lipinski definition) is 0. The summed E-state index contributed by atoms with van der Waals surface area (Å²) in [4.78, 5) is 19.9. The molecule has 2 aliphatic carbocycles. The molecule has 5 heteroatoms. The van der Waals surface area contributed by atoms with E-state index in [1.807, 2.05) is 12.1 Å². The number of benzene rings is 1. The van der Waals surface area contributed by atoms with Crippen molar-refractivity contribution in [2.24, 2.45) is 17.8 Å². The molecule has 3 unspecified atom stereocenters. The molecular weight excluding hydrogens is 352 g/mol. The Kier molecular flexibility index (Phi) is 4.01. The molecule has 1 saturated heterocycles. The average Bonchev–Trinajstić information content (AvgIpc) is 3.35. The van der Waals surface area contributed by atoms with Gasteiger partial charge in [-0.1, -0.05) is 18.0 Å². The molecule has 1 aromatic carbocycles. The van der Waals surface area contributed by atoms with E-state index in [-0.39, 0.29) is 0 Å². The molecule has 0 spiro atoms. The molecule has 0 radical (unpaired) electrons. The minimum absolute atomic E-state index is 0.333.